The van der Waals surface area contributed by atoms with Crippen molar-refractivity contribution in [2.75, 3.05) is 20.2 Å². The Balaban J connectivity index is 2.69. The van der Waals surface area contributed by atoms with Crippen LogP contribution >= 0.6 is 0 Å². The maximum absolute atomic E-state index is 13.6. The summed E-state index contributed by atoms with van der Waals surface area (Å²) >= 11 is 0. The molecular formula is C12H13F2N3O2. The van der Waals surface area contributed by atoms with Crippen LogP contribution in [0.3, 0.4) is 0 Å². The van der Waals surface area contributed by atoms with E-state index in [1.165, 1.54) is 0 Å². The van der Waals surface area contributed by atoms with Gasteiger partial charge in [0.1, 0.15) is 6.54 Å². The number of carbonyl (C=O) groups excluding carboxylic acids is 1. The number of hydrogen-bond acceptors (Lipinski definition) is 4. The van der Waals surface area contributed by atoms with E-state index < -0.39 is 29.9 Å². The second-order valence-electron chi connectivity index (χ2n) is 3.64. The van der Waals surface area contributed by atoms with Gasteiger partial charge in [0.15, 0.2) is 24.0 Å². The van der Waals surface area contributed by atoms with Crippen molar-refractivity contribution in [3.63, 3.8) is 0 Å². The fourth-order valence-corrected chi connectivity index (χ4v) is 1.38. The van der Waals surface area contributed by atoms with Gasteiger partial charge < -0.3 is 15.4 Å². The predicted octanol–water partition coefficient (Wildman–Crippen LogP) is 0.703. The van der Waals surface area contributed by atoms with Gasteiger partial charge in [-0.2, -0.15) is 5.26 Å². The number of carbonyl (C=O) groups is 1. The molecule has 0 atom stereocenters. The Labute approximate surface area is 109 Å². The van der Waals surface area contributed by atoms with Crippen molar-refractivity contribution in [1.29, 1.82) is 5.26 Å². The highest BCUT2D eigenvalue weighted by molar-refractivity contribution is 5.77. The molecule has 1 rings (SSSR count). The van der Waals surface area contributed by atoms with Crippen molar-refractivity contribution < 1.29 is 18.3 Å². The highest BCUT2D eigenvalue weighted by Gasteiger charge is 2.14. The first-order chi connectivity index (χ1) is 9.08. The lowest BCUT2D eigenvalue weighted by atomic mass is 10.2. The summed E-state index contributed by atoms with van der Waals surface area (Å²) in [6, 6.07) is 3.95. The maximum Gasteiger partial charge on any atom is 0.258 e. The number of ether oxygens (including phenoxy) is 1. The van der Waals surface area contributed by atoms with Gasteiger partial charge >= 0.3 is 0 Å². The number of amides is 1. The van der Waals surface area contributed by atoms with E-state index in [9.17, 15) is 13.6 Å². The number of rotatable bonds is 6. The van der Waals surface area contributed by atoms with Crippen LogP contribution in [0.1, 0.15) is 5.56 Å². The Bertz CT molecular complexity index is 477. The van der Waals surface area contributed by atoms with Gasteiger partial charge in [-0.05, 0) is 24.7 Å². The van der Waals surface area contributed by atoms with Gasteiger partial charge in [0.25, 0.3) is 5.91 Å². The highest BCUT2D eigenvalue weighted by atomic mass is 19.1. The summed E-state index contributed by atoms with van der Waals surface area (Å²) in [6.45, 7) is -0.425. The van der Waals surface area contributed by atoms with Crippen LogP contribution in [0.4, 0.5) is 8.78 Å². The molecule has 0 unspecified atom stereocenters. The third-order valence-corrected chi connectivity index (χ3v) is 2.15. The Morgan fingerprint density at radius 1 is 1.42 bits per heavy atom. The molecular weight excluding hydrogens is 256 g/mol. The largest absolute Gasteiger partial charge is 0.478 e. The summed E-state index contributed by atoms with van der Waals surface area (Å²) in [6.07, 6.45) is 0. The molecule has 0 aliphatic heterocycles. The summed E-state index contributed by atoms with van der Waals surface area (Å²) in [5, 5.41) is 13.2. The van der Waals surface area contributed by atoms with Crippen molar-refractivity contribution in [3.8, 4) is 11.8 Å². The molecule has 2 N–H and O–H groups in total. The third-order valence-electron chi connectivity index (χ3n) is 2.15. The Kier molecular flexibility index (Phi) is 5.70. The quantitative estimate of drug-likeness (QED) is 0.746. The van der Waals surface area contributed by atoms with Gasteiger partial charge in [0, 0.05) is 6.54 Å². The SMILES string of the molecule is CNCc1cc(F)c(OCC(=O)NCC#N)c(F)c1. The number of benzene rings is 1. The Morgan fingerprint density at radius 2 is 2.05 bits per heavy atom. The molecule has 0 spiro atoms. The van der Waals surface area contributed by atoms with Crippen LogP contribution in [0.25, 0.3) is 0 Å². The van der Waals surface area contributed by atoms with Crippen LogP contribution in [0.5, 0.6) is 5.75 Å². The monoisotopic (exact) mass is 269 g/mol. The lowest BCUT2D eigenvalue weighted by Gasteiger charge is -2.09. The molecule has 0 aliphatic carbocycles. The fraction of sp³-hybridized carbons (Fsp3) is 0.333. The van der Waals surface area contributed by atoms with Crippen LogP contribution < -0.4 is 15.4 Å². The van der Waals surface area contributed by atoms with E-state index in [4.69, 9.17) is 10.00 Å². The molecule has 1 aromatic carbocycles. The van der Waals surface area contributed by atoms with Crippen LogP contribution in [0, 0.1) is 23.0 Å². The number of nitrogens with one attached hydrogen (secondary N) is 2. The Hall–Kier alpha value is -2.20. The van der Waals surface area contributed by atoms with Crippen LogP contribution in [-0.4, -0.2) is 26.1 Å². The van der Waals surface area contributed by atoms with Crippen molar-refractivity contribution in [1.82, 2.24) is 10.6 Å². The van der Waals surface area contributed by atoms with Crippen molar-refractivity contribution in [3.05, 3.63) is 29.3 Å². The van der Waals surface area contributed by atoms with Crippen molar-refractivity contribution >= 4 is 5.91 Å². The van der Waals surface area contributed by atoms with E-state index in [0.717, 1.165) is 12.1 Å². The number of nitriles is 1. The minimum Gasteiger partial charge on any atom is -0.478 e. The molecule has 0 saturated heterocycles. The third kappa shape index (κ3) is 4.52. The molecule has 0 saturated carbocycles. The fourth-order valence-electron chi connectivity index (χ4n) is 1.38. The first-order valence-electron chi connectivity index (χ1n) is 5.47. The molecule has 0 aromatic heterocycles. The first-order valence-corrected chi connectivity index (χ1v) is 5.47. The molecule has 0 heterocycles. The maximum atomic E-state index is 13.6. The average molecular weight is 269 g/mol. The smallest absolute Gasteiger partial charge is 0.258 e. The van der Waals surface area contributed by atoms with E-state index >= 15 is 0 Å². The normalized spacial score (nSPS) is 9.79. The van der Waals surface area contributed by atoms with E-state index in [0.29, 0.717) is 12.1 Å². The van der Waals surface area contributed by atoms with E-state index in [1.807, 2.05) is 0 Å². The molecule has 0 bridgehead atoms. The van der Waals surface area contributed by atoms with Crippen LogP contribution in [0.2, 0.25) is 0 Å². The lowest BCUT2D eigenvalue weighted by Crippen LogP contribution is -2.29. The van der Waals surface area contributed by atoms with Crippen LogP contribution in [-0.2, 0) is 11.3 Å². The standard InChI is InChI=1S/C12H13F2N3O2/c1-16-6-8-4-9(13)12(10(14)5-8)19-7-11(18)17-3-2-15/h4-5,16H,3,6-7H2,1H3,(H,17,18). The van der Waals surface area contributed by atoms with Crippen molar-refractivity contribution in [2.45, 2.75) is 6.54 Å². The lowest BCUT2D eigenvalue weighted by molar-refractivity contribution is -0.122. The molecule has 5 nitrogen and oxygen atoms in total. The predicted molar refractivity (Wildman–Crippen MR) is 63.2 cm³/mol. The second kappa shape index (κ2) is 7.28. The minimum atomic E-state index is -0.877. The number of nitrogens with zero attached hydrogens (tertiary/aromatic N) is 1. The molecule has 0 radical (unpaired) electrons. The number of halogens is 2. The van der Waals surface area contributed by atoms with E-state index in [-0.39, 0.29) is 6.54 Å². The minimum absolute atomic E-state index is 0.186. The molecule has 0 fully saturated rings. The summed E-state index contributed by atoms with van der Waals surface area (Å²) < 4.78 is 31.9. The van der Waals surface area contributed by atoms with Crippen molar-refractivity contribution in [2.24, 2.45) is 0 Å². The summed E-state index contributed by atoms with van der Waals surface area (Å²) in [4.78, 5) is 11.1. The molecule has 1 amide bonds. The summed E-state index contributed by atoms with van der Waals surface area (Å²) in [5.74, 6) is -2.98. The van der Waals surface area contributed by atoms with Gasteiger partial charge in [-0.15, -0.1) is 0 Å². The number of hydrogen-bond donors (Lipinski definition) is 2. The molecule has 0 aliphatic rings. The van der Waals surface area contributed by atoms with Gasteiger partial charge in [-0.25, -0.2) is 8.78 Å². The zero-order valence-electron chi connectivity index (χ0n) is 10.3. The summed E-state index contributed by atoms with van der Waals surface area (Å²) in [5.41, 5.74) is 0.429. The first kappa shape index (κ1) is 14.9. The Morgan fingerprint density at radius 3 is 2.58 bits per heavy atom. The van der Waals surface area contributed by atoms with Gasteiger partial charge in [-0.1, -0.05) is 0 Å². The average Bonchev–Trinajstić information content (AvgIpc) is 2.35. The molecule has 19 heavy (non-hydrogen) atoms. The molecule has 7 heteroatoms. The van der Waals surface area contributed by atoms with Gasteiger partial charge in [0.2, 0.25) is 0 Å². The summed E-state index contributed by atoms with van der Waals surface area (Å²) in [7, 11) is 1.65. The molecule has 102 valence electrons. The highest BCUT2D eigenvalue weighted by Crippen LogP contribution is 2.23. The second-order valence-corrected chi connectivity index (χ2v) is 3.64. The topological polar surface area (TPSA) is 74.2 Å². The van der Waals surface area contributed by atoms with E-state index in [1.54, 1.807) is 13.1 Å². The van der Waals surface area contributed by atoms with Crippen LogP contribution in [0.15, 0.2) is 12.1 Å². The zero-order chi connectivity index (χ0) is 14.3. The molecule has 1 aromatic rings. The zero-order valence-corrected chi connectivity index (χ0v) is 10.3. The van der Waals surface area contributed by atoms with E-state index in [2.05, 4.69) is 10.6 Å². The van der Waals surface area contributed by atoms with Gasteiger partial charge in [-0.3, -0.25) is 4.79 Å². The van der Waals surface area contributed by atoms with Gasteiger partial charge in [0.05, 0.1) is 6.07 Å².